The van der Waals surface area contributed by atoms with Crippen LogP contribution >= 0.6 is 11.3 Å². The molecule has 4 nitrogen and oxygen atoms in total. The maximum Gasteiger partial charge on any atom is 0.330 e. The van der Waals surface area contributed by atoms with Crippen molar-refractivity contribution in [1.82, 2.24) is 14.6 Å². The van der Waals surface area contributed by atoms with Crippen LogP contribution in [-0.2, 0) is 0 Å². The molecule has 50 valence electrons. The molecule has 0 saturated carbocycles. The van der Waals surface area contributed by atoms with Gasteiger partial charge in [0.1, 0.15) is 0 Å². The highest BCUT2D eigenvalue weighted by atomic mass is 32.1. The summed E-state index contributed by atoms with van der Waals surface area (Å²) in [5, 5.41) is 3.77. The van der Waals surface area contributed by atoms with Crippen LogP contribution in [-0.4, -0.2) is 14.6 Å². The lowest BCUT2D eigenvalue weighted by molar-refractivity contribution is 0.927. The molecule has 0 aliphatic heterocycles. The van der Waals surface area contributed by atoms with E-state index in [0.29, 0.717) is 5.65 Å². The van der Waals surface area contributed by atoms with Crippen molar-refractivity contribution in [3.63, 3.8) is 0 Å². The number of aromatic nitrogens is 3. The first-order chi connectivity index (χ1) is 4.88. The van der Waals surface area contributed by atoms with E-state index in [2.05, 4.69) is 10.1 Å². The SMILES string of the molecule is O=c1scnc2ccnn12. The van der Waals surface area contributed by atoms with Crippen LogP contribution < -0.4 is 4.87 Å². The van der Waals surface area contributed by atoms with E-state index in [9.17, 15) is 4.79 Å². The van der Waals surface area contributed by atoms with E-state index in [1.54, 1.807) is 12.3 Å². The van der Waals surface area contributed by atoms with Crippen LogP contribution in [0.2, 0.25) is 0 Å². The second kappa shape index (κ2) is 1.88. The molecular formula is C5H3N3OS. The summed E-state index contributed by atoms with van der Waals surface area (Å²) >= 11 is 1.04. The highest BCUT2D eigenvalue weighted by Gasteiger charge is 1.94. The molecule has 0 aliphatic carbocycles. The van der Waals surface area contributed by atoms with Gasteiger partial charge in [0.05, 0.1) is 11.7 Å². The molecule has 2 aromatic rings. The van der Waals surface area contributed by atoms with Crippen molar-refractivity contribution in [3.05, 3.63) is 27.4 Å². The van der Waals surface area contributed by atoms with Gasteiger partial charge in [0.25, 0.3) is 0 Å². The molecule has 0 unspecified atom stereocenters. The minimum atomic E-state index is -0.102. The molecule has 0 fully saturated rings. The van der Waals surface area contributed by atoms with Crippen molar-refractivity contribution >= 4 is 17.0 Å². The van der Waals surface area contributed by atoms with Crippen molar-refractivity contribution < 1.29 is 0 Å². The van der Waals surface area contributed by atoms with Crippen LogP contribution in [0.1, 0.15) is 0 Å². The Hall–Kier alpha value is -1.23. The average molecular weight is 153 g/mol. The van der Waals surface area contributed by atoms with E-state index in [-0.39, 0.29) is 4.87 Å². The van der Waals surface area contributed by atoms with E-state index in [1.165, 1.54) is 10.0 Å². The zero-order valence-corrected chi connectivity index (χ0v) is 5.71. The molecule has 2 heterocycles. The summed E-state index contributed by atoms with van der Waals surface area (Å²) in [6.07, 6.45) is 1.55. The summed E-state index contributed by atoms with van der Waals surface area (Å²) in [5.41, 5.74) is 2.11. The fourth-order valence-corrected chi connectivity index (χ4v) is 1.20. The van der Waals surface area contributed by atoms with Gasteiger partial charge in [-0.25, -0.2) is 4.98 Å². The summed E-state index contributed by atoms with van der Waals surface area (Å²) in [6, 6.07) is 1.69. The summed E-state index contributed by atoms with van der Waals surface area (Å²) in [6.45, 7) is 0. The first-order valence-corrected chi connectivity index (χ1v) is 3.53. The largest absolute Gasteiger partial charge is 0.330 e. The second-order valence-electron chi connectivity index (χ2n) is 1.72. The molecular weight excluding hydrogens is 150 g/mol. The van der Waals surface area contributed by atoms with Gasteiger partial charge in [-0.05, 0) is 0 Å². The van der Waals surface area contributed by atoms with Crippen molar-refractivity contribution in [2.45, 2.75) is 0 Å². The number of hydrogen-bond donors (Lipinski definition) is 0. The van der Waals surface area contributed by atoms with Gasteiger partial charge in [-0.3, -0.25) is 4.79 Å². The Balaban J connectivity index is 3.09. The fourth-order valence-electron chi connectivity index (χ4n) is 0.710. The standard InChI is InChI=1S/C5H3N3OS/c9-5-8-4(1-2-7-8)6-3-10-5/h1-3H. The Morgan fingerprint density at radius 1 is 1.60 bits per heavy atom. The van der Waals surface area contributed by atoms with E-state index >= 15 is 0 Å². The summed E-state index contributed by atoms with van der Waals surface area (Å²) in [5.74, 6) is 0. The molecule has 0 amide bonds. The smallest absolute Gasteiger partial charge is 0.255 e. The number of rotatable bonds is 0. The first-order valence-electron chi connectivity index (χ1n) is 2.65. The lowest BCUT2D eigenvalue weighted by Crippen LogP contribution is -2.08. The summed E-state index contributed by atoms with van der Waals surface area (Å²) < 4.78 is 1.27. The topological polar surface area (TPSA) is 47.3 Å². The van der Waals surface area contributed by atoms with Gasteiger partial charge < -0.3 is 0 Å². The lowest BCUT2D eigenvalue weighted by atomic mass is 10.7. The van der Waals surface area contributed by atoms with Gasteiger partial charge in [-0.1, -0.05) is 11.3 Å². The zero-order chi connectivity index (χ0) is 6.97. The Morgan fingerprint density at radius 2 is 2.50 bits per heavy atom. The molecule has 0 spiro atoms. The maximum absolute atomic E-state index is 10.9. The van der Waals surface area contributed by atoms with Crippen LogP contribution in [0.3, 0.4) is 0 Å². The normalized spacial score (nSPS) is 10.4. The molecule has 2 aromatic heterocycles. The number of hydrogen-bond acceptors (Lipinski definition) is 4. The van der Waals surface area contributed by atoms with Crippen molar-refractivity contribution in [2.75, 3.05) is 0 Å². The van der Waals surface area contributed by atoms with Gasteiger partial charge in [0.2, 0.25) is 0 Å². The summed E-state index contributed by atoms with van der Waals surface area (Å²) in [4.78, 5) is 14.7. The van der Waals surface area contributed by atoms with E-state index in [0.717, 1.165) is 11.3 Å². The predicted molar refractivity (Wildman–Crippen MR) is 37.1 cm³/mol. The van der Waals surface area contributed by atoms with E-state index in [1.807, 2.05) is 0 Å². The van der Waals surface area contributed by atoms with Crippen LogP contribution in [0.4, 0.5) is 0 Å². The molecule has 0 atom stereocenters. The Labute approximate surface area is 59.8 Å². The van der Waals surface area contributed by atoms with E-state index < -0.39 is 0 Å². The van der Waals surface area contributed by atoms with Crippen molar-refractivity contribution in [3.8, 4) is 0 Å². The molecule has 0 saturated heterocycles. The van der Waals surface area contributed by atoms with Gasteiger partial charge in [0.15, 0.2) is 5.65 Å². The van der Waals surface area contributed by atoms with Crippen LogP contribution in [0.15, 0.2) is 22.6 Å². The molecule has 10 heavy (non-hydrogen) atoms. The highest BCUT2D eigenvalue weighted by molar-refractivity contribution is 7.06. The monoisotopic (exact) mass is 153 g/mol. The fraction of sp³-hybridized carbons (Fsp3) is 0. The van der Waals surface area contributed by atoms with Gasteiger partial charge >= 0.3 is 4.87 Å². The van der Waals surface area contributed by atoms with Crippen LogP contribution in [0, 0.1) is 0 Å². The summed E-state index contributed by atoms with van der Waals surface area (Å²) in [7, 11) is 0. The molecule has 0 N–H and O–H groups in total. The minimum Gasteiger partial charge on any atom is -0.255 e. The quantitative estimate of drug-likeness (QED) is 0.541. The van der Waals surface area contributed by atoms with Crippen molar-refractivity contribution in [2.24, 2.45) is 0 Å². The third kappa shape index (κ3) is 0.640. The predicted octanol–water partition coefficient (Wildman–Crippen LogP) is 0.151. The van der Waals surface area contributed by atoms with E-state index in [4.69, 9.17) is 0 Å². The Morgan fingerprint density at radius 3 is 3.30 bits per heavy atom. The zero-order valence-electron chi connectivity index (χ0n) is 4.89. The minimum absolute atomic E-state index is 0.102. The second-order valence-corrected chi connectivity index (χ2v) is 2.52. The number of nitrogens with zero attached hydrogens (tertiary/aromatic N) is 3. The highest BCUT2D eigenvalue weighted by Crippen LogP contribution is 1.92. The first kappa shape index (κ1) is 5.55. The van der Waals surface area contributed by atoms with Crippen LogP contribution in [0.25, 0.3) is 5.65 Å². The third-order valence-electron chi connectivity index (χ3n) is 1.13. The molecule has 0 aliphatic rings. The number of fused-ring (bicyclic) bond motifs is 1. The Kier molecular flexibility index (Phi) is 1.04. The molecule has 2 rings (SSSR count). The molecule has 0 bridgehead atoms. The van der Waals surface area contributed by atoms with Gasteiger partial charge in [0, 0.05) is 6.07 Å². The molecule has 5 heteroatoms. The van der Waals surface area contributed by atoms with Gasteiger partial charge in [-0.15, -0.1) is 0 Å². The average Bonchev–Trinajstić information content (AvgIpc) is 2.36. The Bertz CT molecular complexity index is 404. The van der Waals surface area contributed by atoms with Gasteiger partial charge in [-0.2, -0.15) is 9.61 Å². The molecule has 0 aromatic carbocycles. The lowest BCUT2D eigenvalue weighted by Gasteiger charge is -1.84. The van der Waals surface area contributed by atoms with Crippen LogP contribution in [0.5, 0.6) is 0 Å². The third-order valence-corrected chi connectivity index (χ3v) is 1.72. The maximum atomic E-state index is 10.9. The molecule has 0 radical (unpaired) electrons. The van der Waals surface area contributed by atoms with Crippen molar-refractivity contribution in [1.29, 1.82) is 0 Å².